The molecule has 1 aromatic carbocycles. The van der Waals surface area contributed by atoms with Gasteiger partial charge in [-0.15, -0.1) is 0 Å². The molecule has 3 rings (SSSR count). The molecular formula is C18H27N4O5S+. The number of benzene rings is 1. The van der Waals surface area contributed by atoms with Crippen LogP contribution >= 0.6 is 0 Å². The van der Waals surface area contributed by atoms with E-state index in [0.29, 0.717) is 19.6 Å². The number of hydrogen-bond donors (Lipinski definition) is 2. The number of nitro groups is 1. The lowest BCUT2D eigenvalue weighted by atomic mass is 9.95. The van der Waals surface area contributed by atoms with Gasteiger partial charge in [0.25, 0.3) is 11.6 Å². The molecule has 1 saturated heterocycles. The van der Waals surface area contributed by atoms with Crippen molar-refractivity contribution >= 4 is 21.6 Å². The first-order chi connectivity index (χ1) is 13.4. The summed E-state index contributed by atoms with van der Waals surface area (Å²) in [5, 5.41) is 14.2. The number of nitro benzene ring substituents is 1. The molecule has 154 valence electrons. The number of nitrogens with one attached hydrogen (secondary N) is 2. The van der Waals surface area contributed by atoms with E-state index in [1.54, 1.807) is 0 Å². The molecular weight excluding hydrogens is 384 g/mol. The second-order valence-electron chi connectivity index (χ2n) is 7.46. The molecule has 1 aromatic rings. The maximum absolute atomic E-state index is 12.8. The maximum atomic E-state index is 12.8. The molecule has 1 amide bonds. The van der Waals surface area contributed by atoms with Gasteiger partial charge in [-0.05, 0) is 18.9 Å². The lowest BCUT2D eigenvalue weighted by molar-refractivity contribution is -0.895. The van der Waals surface area contributed by atoms with E-state index in [4.69, 9.17) is 0 Å². The Kier molecular flexibility index (Phi) is 6.63. The molecule has 0 atom stereocenters. The summed E-state index contributed by atoms with van der Waals surface area (Å²) < 4.78 is 26.9. The van der Waals surface area contributed by atoms with Gasteiger partial charge in [-0.3, -0.25) is 14.9 Å². The topological polar surface area (TPSA) is 114 Å². The maximum Gasteiger partial charge on any atom is 0.289 e. The SMILES string of the molecule is O=C(C[NH+]1CCN(S(=O)(=O)c2ccccc2[N+](=O)[O-])CC1)NC1CCCCC1. The van der Waals surface area contributed by atoms with Crippen LogP contribution in [0.2, 0.25) is 0 Å². The van der Waals surface area contributed by atoms with Gasteiger partial charge in [-0.25, -0.2) is 8.42 Å². The predicted molar refractivity (Wildman–Crippen MR) is 102 cm³/mol. The Bertz CT molecular complexity index is 815. The Balaban J connectivity index is 1.56. The number of sulfonamides is 1. The molecule has 2 N–H and O–H groups in total. The Labute approximate surface area is 164 Å². The number of carbonyl (C=O) groups excluding carboxylic acids is 1. The fourth-order valence-electron chi connectivity index (χ4n) is 3.94. The van der Waals surface area contributed by atoms with E-state index in [1.165, 1.54) is 35.0 Å². The first-order valence-electron chi connectivity index (χ1n) is 9.74. The first-order valence-corrected chi connectivity index (χ1v) is 11.2. The molecule has 0 bridgehead atoms. The summed E-state index contributed by atoms with van der Waals surface area (Å²) in [5.74, 6) is 0.0110. The summed E-state index contributed by atoms with van der Waals surface area (Å²) in [4.78, 5) is 23.5. The van der Waals surface area contributed by atoms with Gasteiger partial charge in [0.05, 0.1) is 31.1 Å². The molecule has 9 nitrogen and oxygen atoms in total. The van der Waals surface area contributed by atoms with E-state index < -0.39 is 20.6 Å². The van der Waals surface area contributed by atoms with Crippen molar-refractivity contribution in [3.05, 3.63) is 34.4 Å². The number of rotatable bonds is 6. The van der Waals surface area contributed by atoms with Crippen LogP contribution in [0.3, 0.4) is 0 Å². The Morgan fingerprint density at radius 3 is 2.46 bits per heavy atom. The van der Waals surface area contributed by atoms with Gasteiger partial charge < -0.3 is 10.2 Å². The van der Waals surface area contributed by atoms with E-state index in [0.717, 1.165) is 30.6 Å². The quantitative estimate of drug-likeness (QED) is 0.503. The molecule has 1 saturated carbocycles. The van der Waals surface area contributed by atoms with Crippen molar-refractivity contribution in [2.75, 3.05) is 32.7 Å². The number of hydrogen-bond acceptors (Lipinski definition) is 5. The highest BCUT2D eigenvalue weighted by Gasteiger charge is 2.35. The minimum atomic E-state index is -3.93. The summed E-state index contributed by atoms with van der Waals surface area (Å²) in [7, 11) is -3.93. The summed E-state index contributed by atoms with van der Waals surface area (Å²) in [5.41, 5.74) is -0.413. The van der Waals surface area contributed by atoms with Crippen molar-refractivity contribution in [1.82, 2.24) is 9.62 Å². The van der Waals surface area contributed by atoms with Gasteiger partial charge in [-0.2, -0.15) is 4.31 Å². The van der Waals surface area contributed by atoms with Gasteiger partial charge in [0.1, 0.15) is 0 Å². The molecule has 2 aliphatic rings. The second-order valence-corrected chi connectivity index (χ2v) is 9.36. The van der Waals surface area contributed by atoms with Gasteiger partial charge >= 0.3 is 0 Å². The van der Waals surface area contributed by atoms with Crippen LogP contribution in [0.1, 0.15) is 32.1 Å². The average Bonchev–Trinajstić information content (AvgIpc) is 2.69. The van der Waals surface area contributed by atoms with Crippen LogP contribution in [0, 0.1) is 10.1 Å². The normalized spacial score (nSPS) is 20.0. The zero-order valence-electron chi connectivity index (χ0n) is 15.8. The third-order valence-corrected chi connectivity index (χ3v) is 7.44. The van der Waals surface area contributed by atoms with Crippen LogP contribution in [-0.4, -0.2) is 62.3 Å². The largest absolute Gasteiger partial charge is 0.348 e. The molecule has 0 aromatic heterocycles. The van der Waals surface area contributed by atoms with E-state index in [2.05, 4.69) is 5.32 Å². The second kappa shape index (κ2) is 8.97. The van der Waals surface area contributed by atoms with Crippen molar-refractivity contribution in [2.45, 2.75) is 43.0 Å². The standard InChI is InChI=1S/C18H26N4O5S/c23-18(19-15-6-2-1-3-7-15)14-20-10-12-21(13-11-20)28(26,27)17-9-5-4-8-16(17)22(24)25/h4-5,8-9,15H,1-3,6-7,10-14H2,(H,19,23)/p+1. The smallest absolute Gasteiger partial charge is 0.289 e. The monoisotopic (exact) mass is 411 g/mol. The number of nitrogens with zero attached hydrogens (tertiary/aromatic N) is 2. The molecule has 2 fully saturated rings. The van der Waals surface area contributed by atoms with E-state index in [-0.39, 0.29) is 29.9 Å². The van der Waals surface area contributed by atoms with Gasteiger partial charge in [0.2, 0.25) is 10.0 Å². The third kappa shape index (κ3) is 4.86. The van der Waals surface area contributed by atoms with Crippen LogP contribution < -0.4 is 10.2 Å². The molecule has 1 aliphatic carbocycles. The lowest BCUT2D eigenvalue weighted by Crippen LogP contribution is -3.15. The number of amides is 1. The Morgan fingerprint density at radius 1 is 1.18 bits per heavy atom. The number of carbonyl (C=O) groups is 1. The van der Waals surface area contributed by atoms with Crippen LogP contribution in [0.5, 0.6) is 0 Å². The van der Waals surface area contributed by atoms with Gasteiger partial charge in [0, 0.05) is 12.1 Å². The molecule has 0 unspecified atom stereocenters. The molecule has 1 heterocycles. The highest BCUT2D eigenvalue weighted by molar-refractivity contribution is 7.89. The van der Waals surface area contributed by atoms with Crippen LogP contribution in [0.25, 0.3) is 0 Å². The molecule has 1 aliphatic heterocycles. The van der Waals surface area contributed by atoms with Crippen molar-refractivity contribution in [3.63, 3.8) is 0 Å². The Hall–Kier alpha value is -2.04. The minimum Gasteiger partial charge on any atom is -0.348 e. The van der Waals surface area contributed by atoms with E-state index in [1.807, 2.05) is 0 Å². The van der Waals surface area contributed by atoms with Gasteiger partial charge in [0.15, 0.2) is 11.4 Å². The predicted octanol–water partition coefficient (Wildman–Crippen LogP) is -0.0671. The fourth-order valence-corrected chi connectivity index (χ4v) is 5.54. The van der Waals surface area contributed by atoms with Crippen molar-refractivity contribution in [3.8, 4) is 0 Å². The molecule has 28 heavy (non-hydrogen) atoms. The zero-order valence-corrected chi connectivity index (χ0v) is 16.6. The van der Waals surface area contributed by atoms with E-state index in [9.17, 15) is 23.3 Å². The minimum absolute atomic E-state index is 0.0110. The van der Waals surface area contributed by atoms with E-state index >= 15 is 0 Å². The van der Waals surface area contributed by atoms with Crippen LogP contribution in [0.4, 0.5) is 5.69 Å². The zero-order chi connectivity index (χ0) is 20.1. The molecule has 10 heteroatoms. The Morgan fingerprint density at radius 2 is 1.82 bits per heavy atom. The lowest BCUT2D eigenvalue weighted by Gasteiger charge is -2.31. The van der Waals surface area contributed by atoms with Crippen molar-refractivity contribution < 1.29 is 23.0 Å². The summed E-state index contributed by atoms with van der Waals surface area (Å²) >= 11 is 0. The molecule has 0 spiro atoms. The summed E-state index contributed by atoms with van der Waals surface area (Å²) in [6.45, 7) is 1.80. The number of piperazine rings is 1. The number of quaternary nitrogens is 1. The number of para-hydroxylation sites is 1. The fraction of sp³-hybridized carbons (Fsp3) is 0.611. The average molecular weight is 412 g/mol. The summed E-state index contributed by atoms with van der Waals surface area (Å²) in [6, 6.07) is 5.66. The molecule has 0 radical (unpaired) electrons. The van der Waals surface area contributed by atoms with Crippen molar-refractivity contribution in [2.24, 2.45) is 0 Å². The highest BCUT2D eigenvalue weighted by atomic mass is 32.2. The summed E-state index contributed by atoms with van der Waals surface area (Å²) in [6.07, 6.45) is 5.60. The van der Waals surface area contributed by atoms with Crippen LogP contribution in [-0.2, 0) is 14.8 Å². The third-order valence-electron chi connectivity index (χ3n) is 5.49. The van der Waals surface area contributed by atoms with Crippen LogP contribution in [0.15, 0.2) is 29.2 Å². The van der Waals surface area contributed by atoms with Crippen molar-refractivity contribution in [1.29, 1.82) is 0 Å². The highest BCUT2D eigenvalue weighted by Crippen LogP contribution is 2.26. The first kappa shape index (κ1) is 20.7. The van der Waals surface area contributed by atoms with Gasteiger partial charge in [-0.1, -0.05) is 31.4 Å².